The molecule has 0 aliphatic carbocycles. The highest BCUT2D eigenvalue weighted by Crippen LogP contribution is 2.31. The van der Waals surface area contributed by atoms with Gasteiger partial charge in [-0.05, 0) is 74.2 Å². The zero-order chi connectivity index (χ0) is 24.2. The summed E-state index contributed by atoms with van der Waals surface area (Å²) < 4.78 is 0. The molecule has 0 spiro atoms. The van der Waals surface area contributed by atoms with Gasteiger partial charge in [-0.3, -0.25) is 14.5 Å². The third kappa shape index (κ3) is 5.59. The minimum absolute atomic E-state index is 0.0320. The van der Waals surface area contributed by atoms with Crippen molar-refractivity contribution in [3.63, 3.8) is 0 Å². The minimum Gasteiger partial charge on any atom is -0.374 e. The number of amides is 2. The lowest BCUT2D eigenvalue weighted by Crippen LogP contribution is -2.49. The number of aryl methyl sites for hydroxylation is 3. The molecular formula is C27H37N5O2. The van der Waals surface area contributed by atoms with Crippen molar-refractivity contribution in [2.24, 2.45) is 0 Å². The summed E-state index contributed by atoms with van der Waals surface area (Å²) in [5.41, 5.74) is 6.72. The summed E-state index contributed by atoms with van der Waals surface area (Å²) in [5.74, 6) is -1.23. The highest BCUT2D eigenvalue weighted by Gasteiger charge is 2.27. The van der Waals surface area contributed by atoms with Crippen molar-refractivity contribution in [2.75, 3.05) is 63.6 Å². The van der Waals surface area contributed by atoms with Crippen molar-refractivity contribution in [3.8, 4) is 0 Å². The van der Waals surface area contributed by atoms with Crippen LogP contribution in [0.5, 0.6) is 0 Å². The maximum absolute atomic E-state index is 12.7. The summed E-state index contributed by atoms with van der Waals surface area (Å²) in [4.78, 5) is 32.3. The van der Waals surface area contributed by atoms with Crippen LogP contribution in [-0.4, -0.2) is 75.0 Å². The van der Waals surface area contributed by atoms with E-state index in [1.54, 1.807) is 0 Å². The Hall–Kier alpha value is -2.90. The Morgan fingerprint density at radius 1 is 0.912 bits per heavy atom. The van der Waals surface area contributed by atoms with Gasteiger partial charge in [0.15, 0.2) is 0 Å². The molecule has 0 bridgehead atoms. The first kappa shape index (κ1) is 24.2. The summed E-state index contributed by atoms with van der Waals surface area (Å²) in [5, 5.41) is 5.64. The third-order valence-electron chi connectivity index (χ3n) is 7.24. The second-order valence-corrected chi connectivity index (χ2v) is 9.73. The molecule has 2 aromatic rings. The van der Waals surface area contributed by atoms with E-state index in [4.69, 9.17) is 0 Å². The predicted octanol–water partition coefficient (Wildman–Crippen LogP) is 2.73. The van der Waals surface area contributed by atoms with Gasteiger partial charge in [0.25, 0.3) is 0 Å². The van der Waals surface area contributed by atoms with E-state index in [1.807, 2.05) is 32.0 Å². The fraction of sp³-hybridized carbons (Fsp3) is 0.481. The lowest BCUT2D eigenvalue weighted by atomic mass is 9.95. The van der Waals surface area contributed by atoms with Crippen molar-refractivity contribution < 1.29 is 9.59 Å². The molecule has 2 aromatic carbocycles. The third-order valence-corrected chi connectivity index (χ3v) is 7.24. The number of nitrogens with zero attached hydrogens (tertiary/aromatic N) is 3. The van der Waals surface area contributed by atoms with Crippen LogP contribution in [-0.2, 0) is 16.0 Å². The van der Waals surface area contributed by atoms with Gasteiger partial charge in [0.1, 0.15) is 0 Å². The predicted molar refractivity (Wildman–Crippen MR) is 137 cm³/mol. The molecule has 4 rings (SSSR count). The first-order valence-corrected chi connectivity index (χ1v) is 12.2. The number of likely N-dealkylation sites (N-methyl/N-ethyl adjacent to an activating group) is 1. The van der Waals surface area contributed by atoms with Gasteiger partial charge in [0.05, 0.1) is 6.04 Å². The fourth-order valence-electron chi connectivity index (χ4n) is 4.88. The molecule has 7 nitrogen and oxygen atoms in total. The maximum atomic E-state index is 12.7. The molecule has 2 aliphatic heterocycles. The number of benzene rings is 2. The minimum atomic E-state index is -0.632. The summed E-state index contributed by atoms with van der Waals surface area (Å²) in [6, 6.07) is 12.4. The zero-order valence-corrected chi connectivity index (χ0v) is 20.9. The molecule has 2 aliphatic rings. The molecule has 1 atom stereocenters. The Morgan fingerprint density at radius 2 is 1.68 bits per heavy atom. The van der Waals surface area contributed by atoms with E-state index < -0.39 is 11.8 Å². The van der Waals surface area contributed by atoms with E-state index in [0.29, 0.717) is 12.2 Å². The summed E-state index contributed by atoms with van der Waals surface area (Å²) in [7, 11) is 4.28. The van der Waals surface area contributed by atoms with Crippen molar-refractivity contribution in [3.05, 3.63) is 58.7 Å². The summed E-state index contributed by atoms with van der Waals surface area (Å²) >= 11 is 0. The molecule has 34 heavy (non-hydrogen) atoms. The molecular weight excluding hydrogens is 426 g/mol. The van der Waals surface area contributed by atoms with Crippen molar-refractivity contribution in [2.45, 2.75) is 32.7 Å². The molecule has 1 saturated heterocycles. The standard InChI is InChI=1S/C27H37N5O2/c1-19-7-9-23(16-20(19)2)29-27(34)26(33)28-18-25(32-14-12-30(3)13-15-32)22-8-10-24-21(17-22)6-5-11-31(24)4/h7-10,16-17,25H,5-6,11-15,18H2,1-4H3,(H,28,33)(H,29,34)/t25-/m0/s1. The molecule has 182 valence electrons. The summed E-state index contributed by atoms with van der Waals surface area (Å²) in [6.45, 7) is 9.34. The molecule has 0 unspecified atom stereocenters. The van der Waals surface area contributed by atoms with Crippen LogP contribution in [0.3, 0.4) is 0 Å². The van der Waals surface area contributed by atoms with E-state index in [1.165, 1.54) is 16.8 Å². The topological polar surface area (TPSA) is 67.9 Å². The monoisotopic (exact) mass is 463 g/mol. The van der Waals surface area contributed by atoms with Crippen molar-refractivity contribution >= 4 is 23.2 Å². The molecule has 0 saturated carbocycles. The number of piperazine rings is 1. The van der Waals surface area contributed by atoms with E-state index in [0.717, 1.165) is 56.7 Å². The maximum Gasteiger partial charge on any atom is 0.313 e. The smallest absolute Gasteiger partial charge is 0.313 e. The number of anilines is 2. The van der Waals surface area contributed by atoms with Crippen LogP contribution >= 0.6 is 0 Å². The van der Waals surface area contributed by atoms with E-state index in [-0.39, 0.29) is 6.04 Å². The lowest BCUT2D eigenvalue weighted by Gasteiger charge is -2.39. The van der Waals surface area contributed by atoms with Gasteiger partial charge in [-0.25, -0.2) is 0 Å². The van der Waals surface area contributed by atoms with Crippen LogP contribution in [0.4, 0.5) is 11.4 Å². The SMILES string of the molecule is Cc1ccc(NC(=O)C(=O)NC[C@@H](c2ccc3c(c2)CCCN3C)N2CCN(C)CC2)cc1C. The van der Waals surface area contributed by atoms with Crippen LogP contribution in [0.1, 0.15) is 34.7 Å². The Kier molecular flexibility index (Phi) is 7.54. The van der Waals surface area contributed by atoms with E-state index in [2.05, 4.69) is 57.6 Å². The molecule has 0 aromatic heterocycles. The fourth-order valence-corrected chi connectivity index (χ4v) is 4.88. The summed E-state index contributed by atoms with van der Waals surface area (Å²) in [6.07, 6.45) is 2.23. The number of carbonyl (C=O) groups is 2. The quantitative estimate of drug-likeness (QED) is 0.668. The van der Waals surface area contributed by atoms with Gasteiger partial charge < -0.3 is 20.4 Å². The molecule has 2 N–H and O–H groups in total. The average Bonchev–Trinajstić information content (AvgIpc) is 2.82. The first-order chi connectivity index (χ1) is 16.3. The van der Waals surface area contributed by atoms with Crippen LogP contribution in [0.2, 0.25) is 0 Å². The first-order valence-electron chi connectivity index (χ1n) is 12.2. The zero-order valence-electron chi connectivity index (χ0n) is 20.9. The molecule has 0 radical (unpaired) electrons. The Morgan fingerprint density at radius 3 is 2.41 bits per heavy atom. The molecule has 2 heterocycles. The van der Waals surface area contributed by atoms with Gasteiger partial charge in [0, 0.05) is 57.7 Å². The number of nitrogens with one attached hydrogen (secondary N) is 2. The molecule has 7 heteroatoms. The Balaban J connectivity index is 1.47. The normalized spacial score (nSPS) is 17.7. The Labute approximate surface area is 203 Å². The molecule has 1 fully saturated rings. The van der Waals surface area contributed by atoms with Crippen molar-refractivity contribution in [1.29, 1.82) is 0 Å². The highest BCUT2D eigenvalue weighted by molar-refractivity contribution is 6.39. The lowest BCUT2D eigenvalue weighted by molar-refractivity contribution is -0.136. The van der Waals surface area contributed by atoms with Gasteiger partial charge >= 0.3 is 11.8 Å². The van der Waals surface area contributed by atoms with Crippen LogP contribution < -0.4 is 15.5 Å². The average molecular weight is 464 g/mol. The second-order valence-electron chi connectivity index (χ2n) is 9.73. The van der Waals surface area contributed by atoms with Crippen LogP contribution in [0, 0.1) is 13.8 Å². The number of hydrogen-bond donors (Lipinski definition) is 2. The number of hydrogen-bond acceptors (Lipinski definition) is 5. The highest BCUT2D eigenvalue weighted by atomic mass is 16.2. The number of rotatable bonds is 5. The van der Waals surface area contributed by atoms with Gasteiger partial charge in [-0.15, -0.1) is 0 Å². The van der Waals surface area contributed by atoms with E-state index >= 15 is 0 Å². The number of fused-ring (bicyclic) bond motifs is 1. The van der Waals surface area contributed by atoms with Gasteiger partial charge in [0.2, 0.25) is 0 Å². The van der Waals surface area contributed by atoms with Crippen molar-refractivity contribution in [1.82, 2.24) is 15.1 Å². The van der Waals surface area contributed by atoms with Gasteiger partial charge in [-0.2, -0.15) is 0 Å². The molecule has 2 amide bonds. The second kappa shape index (κ2) is 10.6. The Bertz CT molecular complexity index is 1050. The largest absolute Gasteiger partial charge is 0.374 e. The van der Waals surface area contributed by atoms with Gasteiger partial charge in [-0.1, -0.05) is 18.2 Å². The van der Waals surface area contributed by atoms with Crippen LogP contribution in [0.25, 0.3) is 0 Å². The number of carbonyl (C=O) groups excluding carboxylic acids is 2. The van der Waals surface area contributed by atoms with Crippen LogP contribution in [0.15, 0.2) is 36.4 Å². The van der Waals surface area contributed by atoms with E-state index in [9.17, 15) is 9.59 Å².